The first kappa shape index (κ1) is 14.4. The van der Waals surface area contributed by atoms with Crippen LogP contribution >= 0.6 is 0 Å². The van der Waals surface area contributed by atoms with Gasteiger partial charge < -0.3 is 26.2 Å². The third kappa shape index (κ3) is 3.67. The van der Waals surface area contributed by atoms with Crippen molar-refractivity contribution in [2.24, 2.45) is 11.7 Å². The summed E-state index contributed by atoms with van der Waals surface area (Å²) in [6.45, 7) is 0.613. The molecule has 18 heavy (non-hydrogen) atoms. The Morgan fingerprint density at radius 1 is 1.44 bits per heavy atom. The quantitative estimate of drug-likeness (QED) is 0.423. The highest BCUT2D eigenvalue weighted by Gasteiger charge is 2.35. The number of carbonyl (C=O) groups is 3. The molecule has 1 fully saturated rings. The fourth-order valence-corrected chi connectivity index (χ4v) is 1.78. The number of carboxylic acids is 1. The number of hydrogen-bond acceptors (Lipinski definition) is 5. The number of ether oxygens (including phenoxy) is 1. The Kier molecular flexibility index (Phi) is 5.05. The standard InChI is InChI=1S/C10H17N3O5/c1-12-7-4-18-3-5(7)9(15)13-6(10(16)17)2-8(11)14/h5-7,12H,2-4H2,1H3,(H2,11,14)(H,13,15)(H,16,17)/t5?,6-,7?/m0/s1. The van der Waals surface area contributed by atoms with E-state index in [4.69, 9.17) is 15.6 Å². The molecule has 0 aromatic carbocycles. The number of rotatable bonds is 6. The summed E-state index contributed by atoms with van der Waals surface area (Å²) >= 11 is 0. The molecule has 1 aliphatic rings. The summed E-state index contributed by atoms with van der Waals surface area (Å²) in [5, 5.41) is 14.1. The molecule has 1 saturated heterocycles. The molecule has 3 atom stereocenters. The molecule has 2 amide bonds. The van der Waals surface area contributed by atoms with Crippen LogP contribution in [0.15, 0.2) is 0 Å². The lowest BCUT2D eigenvalue weighted by molar-refractivity contribution is -0.144. The molecule has 0 radical (unpaired) electrons. The second kappa shape index (κ2) is 6.31. The second-order valence-electron chi connectivity index (χ2n) is 4.11. The van der Waals surface area contributed by atoms with Crippen LogP contribution in [0.25, 0.3) is 0 Å². The van der Waals surface area contributed by atoms with Crippen LogP contribution in [0, 0.1) is 5.92 Å². The Labute approximate surface area is 104 Å². The van der Waals surface area contributed by atoms with Crippen LogP contribution in [-0.4, -0.2) is 55.2 Å². The lowest BCUT2D eigenvalue weighted by Crippen LogP contribution is -2.49. The van der Waals surface area contributed by atoms with Gasteiger partial charge in [0.1, 0.15) is 6.04 Å². The number of likely N-dealkylation sites (N-methyl/N-ethyl adjacent to an activating group) is 1. The number of nitrogens with one attached hydrogen (secondary N) is 2. The van der Waals surface area contributed by atoms with Gasteiger partial charge in [-0.05, 0) is 7.05 Å². The van der Waals surface area contributed by atoms with E-state index in [9.17, 15) is 14.4 Å². The van der Waals surface area contributed by atoms with Crippen molar-refractivity contribution in [2.45, 2.75) is 18.5 Å². The molecule has 8 heteroatoms. The fourth-order valence-electron chi connectivity index (χ4n) is 1.78. The largest absolute Gasteiger partial charge is 0.480 e. The lowest BCUT2D eigenvalue weighted by atomic mass is 10.0. The summed E-state index contributed by atoms with van der Waals surface area (Å²) in [6.07, 6.45) is -0.432. The van der Waals surface area contributed by atoms with E-state index in [0.717, 1.165) is 0 Å². The van der Waals surface area contributed by atoms with E-state index < -0.39 is 36.2 Å². The van der Waals surface area contributed by atoms with Gasteiger partial charge in [-0.15, -0.1) is 0 Å². The Morgan fingerprint density at radius 2 is 2.11 bits per heavy atom. The maximum absolute atomic E-state index is 11.9. The zero-order valence-electron chi connectivity index (χ0n) is 10.0. The van der Waals surface area contributed by atoms with Crippen LogP contribution < -0.4 is 16.4 Å². The van der Waals surface area contributed by atoms with Crippen LogP contribution in [0.2, 0.25) is 0 Å². The van der Waals surface area contributed by atoms with Crippen molar-refractivity contribution in [1.29, 1.82) is 0 Å². The summed E-state index contributed by atoms with van der Waals surface area (Å²) in [7, 11) is 1.69. The molecule has 0 bridgehead atoms. The number of nitrogens with two attached hydrogens (primary N) is 1. The summed E-state index contributed by atoms with van der Waals surface area (Å²) in [6, 6.07) is -1.46. The van der Waals surface area contributed by atoms with Crippen molar-refractivity contribution in [3.05, 3.63) is 0 Å². The van der Waals surface area contributed by atoms with E-state index in [1.54, 1.807) is 7.05 Å². The van der Waals surface area contributed by atoms with Crippen molar-refractivity contribution in [2.75, 3.05) is 20.3 Å². The molecule has 1 rings (SSSR count). The van der Waals surface area contributed by atoms with E-state index in [-0.39, 0.29) is 12.6 Å². The first-order chi connectivity index (χ1) is 8.45. The molecule has 1 aliphatic heterocycles. The van der Waals surface area contributed by atoms with Crippen LogP contribution in [0.4, 0.5) is 0 Å². The van der Waals surface area contributed by atoms with Crippen molar-refractivity contribution in [3.63, 3.8) is 0 Å². The van der Waals surface area contributed by atoms with Crippen molar-refractivity contribution in [3.8, 4) is 0 Å². The monoisotopic (exact) mass is 259 g/mol. The van der Waals surface area contributed by atoms with Crippen LogP contribution in [-0.2, 0) is 19.1 Å². The fraction of sp³-hybridized carbons (Fsp3) is 0.700. The summed E-state index contributed by atoms with van der Waals surface area (Å²) in [5.41, 5.74) is 4.92. The molecule has 0 aliphatic carbocycles. The van der Waals surface area contributed by atoms with E-state index in [2.05, 4.69) is 10.6 Å². The zero-order chi connectivity index (χ0) is 13.7. The number of hydrogen-bond donors (Lipinski definition) is 4. The van der Waals surface area contributed by atoms with Gasteiger partial charge in [0.25, 0.3) is 0 Å². The van der Waals surface area contributed by atoms with Crippen LogP contribution in [0.3, 0.4) is 0 Å². The number of carbonyl (C=O) groups excluding carboxylic acids is 2. The summed E-state index contributed by atoms with van der Waals surface area (Å²) < 4.78 is 5.14. The highest BCUT2D eigenvalue weighted by molar-refractivity contribution is 5.89. The molecular weight excluding hydrogens is 242 g/mol. The van der Waals surface area contributed by atoms with Gasteiger partial charge in [0.15, 0.2) is 0 Å². The van der Waals surface area contributed by atoms with Gasteiger partial charge in [-0.2, -0.15) is 0 Å². The highest BCUT2D eigenvalue weighted by atomic mass is 16.5. The van der Waals surface area contributed by atoms with Crippen molar-refractivity contribution < 1.29 is 24.2 Å². The number of aliphatic carboxylic acids is 1. The molecule has 0 aromatic rings. The molecule has 2 unspecified atom stereocenters. The molecule has 0 spiro atoms. The Balaban J connectivity index is 2.60. The maximum Gasteiger partial charge on any atom is 0.326 e. The summed E-state index contributed by atoms with van der Waals surface area (Å²) in [5.74, 6) is -3.00. The first-order valence-electron chi connectivity index (χ1n) is 5.52. The number of amides is 2. The van der Waals surface area contributed by atoms with Gasteiger partial charge in [-0.1, -0.05) is 0 Å². The lowest BCUT2D eigenvalue weighted by Gasteiger charge is -2.19. The van der Waals surface area contributed by atoms with E-state index in [0.29, 0.717) is 6.61 Å². The van der Waals surface area contributed by atoms with Gasteiger partial charge in [0, 0.05) is 6.04 Å². The van der Waals surface area contributed by atoms with Gasteiger partial charge in [-0.3, -0.25) is 9.59 Å². The first-order valence-corrected chi connectivity index (χ1v) is 5.52. The minimum Gasteiger partial charge on any atom is -0.480 e. The van der Waals surface area contributed by atoms with E-state index in [1.807, 2.05) is 0 Å². The Hall–Kier alpha value is -1.67. The van der Waals surface area contributed by atoms with Crippen LogP contribution in [0.5, 0.6) is 0 Å². The average molecular weight is 259 g/mol. The minimum absolute atomic E-state index is 0.159. The number of primary amides is 1. The number of carboxylic acid groups (broad SMARTS) is 1. The van der Waals surface area contributed by atoms with Gasteiger partial charge in [-0.25, -0.2) is 4.79 Å². The molecular formula is C10H17N3O5. The van der Waals surface area contributed by atoms with Gasteiger partial charge in [0.05, 0.1) is 25.6 Å². The smallest absolute Gasteiger partial charge is 0.326 e. The topological polar surface area (TPSA) is 131 Å². The molecule has 0 aromatic heterocycles. The molecule has 8 nitrogen and oxygen atoms in total. The zero-order valence-corrected chi connectivity index (χ0v) is 10.0. The molecule has 1 heterocycles. The molecule has 5 N–H and O–H groups in total. The third-order valence-corrected chi connectivity index (χ3v) is 2.81. The van der Waals surface area contributed by atoms with Gasteiger partial charge in [0.2, 0.25) is 11.8 Å². The highest BCUT2D eigenvalue weighted by Crippen LogP contribution is 2.13. The second-order valence-corrected chi connectivity index (χ2v) is 4.11. The Bertz CT molecular complexity index is 346. The third-order valence-electron chi connectivity index (χ3n) is 2.81. The van der Waals surface area contributed by atoms with E-state index >= 15 is 0 Å². The predicted molar refractivity (Wildman–Crippen MR) is 60.5 cm³/mol. The van der Waals surface area contributed by atoms with Crippen molar-refractivity contribution >= 4 is 17.8 Å². The SMILES string of the molecule is CNC1COCC1C(=O)N[C@@H](CC(N)=O)C(=O)O. The Morgan fingerprint density at radius 3 is 2.61 bits per heavy atom. The maximum atomic E-state index is 11.9. The van der Waals surface area contributed by atoms with E-state index in [1.165, 1.54) is 0 Å². The predicted octanol–water partition coefficient (Wildman–Crippen LogP) is -2.33. The van der Waals surface area contributed by atoms with Gasteiger partial charge >= 0.3 is 5.97 Å². The summed E-state index contributed by atoms with van der Waals surface area (Å²) in [4.78, 5) is 33.4. The minimum atomic E-state index is -1.30. The normalized spacial score (nSPS) is 24.5. The van der Waals surface area contributed by atoms with Crippen LogP contribution in [0.1, 0.15) is 6.42 Å². The molecule has 0 saturated carbocycles. The molecule has 102 valence electrons. The average Bonchev–Trinajstić information content (AvgIpc) is 2.75. The van der Waals surface area contributed by atoms with Crippen molar-refractivity contribution in [1.82, 2.24) is 10.6 Å².